The highest BCUT2D eigenvalue weighted by molar-refractivity contribution is 5.95. The molecule has 0 spiro atoms. The predicted octanol–water partition coefficient (Wildman–Crippen LogP) is 3.81. The van der Waals surface area contributed by atoms with E-state index in [1.54, 1.807) is 24.3 Å². The molecule has 2 N–H and O–H groups in total. The number of carbonyl (C=O) groups excluding carboxylic acids is 2. The van der Waals surface area contributed by atoms with Crippen molar-refractivity contribution in [3.05, 3.63) is 65.2 Å². The summed E-state index contributed by atoms with van der Waals surface area (Å²) in [4.78, 5) is 25.9. The van der Waals surface area contributed by atoms with Crippen molar-refractivity contribution in [3.63, 3.8) is 0 Å². The number of carbonyl (C=O) groups is 2. The summed E-state index contributed by atoms with van der Waals surface area (Å²) in [5, 5.41) is 5.64. The lowest BCUT2D eigenvalue weighted by atomic mass is 9.99. The summed E-state index contributed by atoms with van der Waals surface area (Å²) in [6.45, 7) is 7.64. The Labute approximate surface area is 167 Å². The van der Waals surface area contributed by atoms with Crippen molar-refractivity contribution in [2.24, 2.45) is 5.92 Å². The second kappa shape index (κ2) is 9.51. The Morgan fingerprint density at radius 1 is 1.04 bits per heavy atom. The average molecular weight is 380 g/mol. The summed E-state index contributed by atoms with van der Waals surface area (Å²) in [5.41, 5.74) is 3.66. The Morgan fingerprint density at radius 2 is 1.71 bits per heavy atom. The molecule has 1 aliphatic rings. The van der Waals surface area contributed by atoms with Crippen LogP contribution in [0.15, 0.2) is 48.5 Å². The number of amides is 2. The van der Waals surface area contributed by atoms with Crippen molar-refractivity contribution in [2.75, 3.05) is 18.4 Å². The Bertz CT molecular complexity index is 800. The van der Waals surface area contributed by atoms with Gasteiger partial charge in [-0.25, -0.2) is 0 Å². The third-order valence-corrected chi connectivity index (χ3v) is 5.09. The van der Waals surface area contributed by atoms with Crippen LogP contribution in [-0.4, -0.2) is 29.8 Å². The average Bonchev–Trinajstić information content (AvgIpc) is 2.67. The van der Waals surface area contributed by atoms with Crippen LogP contribution in [-0.2, 0) is 17.9 Å². The van der Waals surface area contributed by atoms with Crippen LogP contribution in [0.25, 0.3) is 0 Å². The van der Waals surface area contributed by atoms with Gasteiger partial charge in [-0.3, -0.25) is 14.5 Å². The molecule has 148 valence electrons. The lowest BCUT2D eigenvalue weighted by molar-refractivity contribution is -0.114. The summed E-state index contributed by atoms with van der Waals surface area (Å²) >= 11 is 0. The fourth-order valence-corrected chi connectivity index (χ4v) is 3.64. The van der Waals surface area contributed by atoms with E-state index in [-0.39, 0.29) is 11.8 Å². The van der Waals surface area contributed by atoms with Crippen molar-refractivity contribution >= 4 is 17.5 Å². The standard InChI is InChI=1S/C23H29N3O2/c1-17-4-3-13-26(15-17)16-20-7-5-19(6-8-20)14-24-23(28)21-9-11-22(12-10-21)25-18(2)27/h5-12,17H,3-4,13-16H2,1-2H3,(H,24,28)(H,25,27). The zero-order valence-electron chi connectivity index (χ0n) is 16.7. The van der Waals surface area contributed by atoms with Gasteiger partial charge in [0.25, 0.3) is 5.91 Å². The normalized spacial score (nSPS) is 17.1. The minimum Gasteiger partial charge on any atom is -0.348 e. The first kappa shape index (κ1) is 20.1. The van der Waals surface area contributed by atoms with E-state index >= 15 is 0 Å². The van der Waals surface area contributed by atoms with Crippen LogP contribution in [0.1, 0.15) is 48.2 Å². The maximum Gasteiger partial charge on any atom is 0.251 e. The molecule has 0 aliphatic carbocycles. The third kappa shape index (κ3) is 5.92. The second-order valence-corrected chi connectivity index (χ2v) is 7.74. The highest BCUT2D eigenvalue weighted by atomic mass is 16.2. The van der Waals surface area contributed by atoms with Gasteiger partial charge in [-0.2, -0.15) is 0 Å². The monoisotopic (exact) mass is 379 g/mol. The fraction of sp³-hybridized carbons (Fsp3) is 0.391. The highest BCUT2D eigenvalue weighted by Gasteiger charge is 2.16. The summed E-state index contributed by atoms with van der Waals surface area (Å²) in [7, 11) is 0. The van der Waals surface area contributed by atoms with Crippen LogP contribution in [0, 0.1) is 5.92 Å². The molecule has 5 heteroatoms. The fourth-order valence-electron chi connectivity index (χ4n) is 3.64. The lowest BCUT2D eigenvalue weighted by Gasteiger charge is -2.30. The Hall–Kier alpha value is -2.66. The van der Waals surface area contributed by atoms with Gasteiger partial charge in [0.1, 0.15) is 0 Å². The molecule has 1 aliphatic heterocycles. The van der Waals surface area contributed by atoms with Crippen molar-refractivity contribution in [3.8, 4) is 0 Å². The zero-order chi connectivity index (χ0) is 19.9. The SMILES string of the molecule is CC(=O)Nc1ccc(C(=O)NCc2ccc(CN3CCCC(C)C3)cc2)cc1. The van der Waals surface area contributed by atoms with Gasteiger partial charge in [0, 0.05) is 37.8 Å². The predicted molar refractivity (Wildman–Crippen MR) is 112 cm³/mol. The smallest absolute Gasteiger partial charge is 0.251 e. The van der Waals surface area contributed by atoms with E-state index in [0.29, 0.717) is 17.8 Å². The topological polar surface area (TPSA) is 61.4 Å². The quantitative estimate of drug-likeness (QED) is 0.802. The zero-order valence-corrected chi connectivity index (χ0v) is 16.7. The van der Waals surface area contributed by atoms with Crippen LogP contribution in [0.3, 0.4) is 0 Å². The first-order chi connectivity index (χ1) is 13.5. The molecule has 0 radical (unpaired) electrons. The molecule has 28 heavy (non-hydrogen) atoms. The molecule has 0 saturated carbocycles. The molecule has 2 amide bonds. The van der Waals surface area contributed by atoms with Crippen molar-refractivity contribution in [2.45, 2.75) is 39.8 Å². The van der Waals surface area contributed by atoms with Crippen molar-refractivity contribution < 1.29 is 9.59 Å². The number of benzene rings is 2. The molecule has 0 bridgehead atoms. The minimum atomic E-state index is -0.129. The summed E-state index contributed by atoms with van der Waals surface area (Å²) in [6, 6.07) is 15.4. The Morgan fingerprint density at radius 3 is 2.36 bits per heavy atom. The highest BCUT2D eigenvalue weighted by Crippen LogP contribution is 2.18. The number of rotatable bonds is 6. The molecule has 0 aromatic heterocycles. The molecular formula is C23H29N3O2. The van der Waals surface area contributed by atoms with E-state index in [1.807, 2.05) is 0 Å². The first-order valence-electron chi connectivity index (χ1n) is 9.95. The van der Waals surface area contributed by atoms with E-state index in [0.717, 1.165) is 18.0 Å². The lowest BCUT2D eigenvalue weighted by Crippen LogP contribution is -2.33. The molecule has 3 rings (SSSR count). The van der Waals surface area contributed by atoms with Gasteiger partial charge >= 0.3 is 0 Å². The number of piperidine rings is 1. The van der Waals surface area contributed by atoms with Crippen LogP contribution >= 0.6 is 0 Å². The molecule has 1 heterocycles. The second-order valence-electron chi connectivity index (χ2n) is 7.74. The maximum absolute atomic E-state index is 12.3. The van der Waals surface area contributed by atoms with E-state index < -0.39 is 0 Å². The van der Waals surface area contributed by atoms with Crippen LogP contribution in [0.5, 0.6) is 0 Å². The summed E-state index contributed by atoms with van der Waals surface area (Å²) in [5.74, 6) is 0.534. The van der Waals surface area contributed by atoms with Crippen LogP contribution in [0.4, 0.5) is 5.69 Å². The summed E-state index contributed by atoms with van der Waals surface area (Å²) < 4.78 is 0. The number of nitrogens with zero attached hydrogens (tertiary/aromatic N) is 1. The molecule has 2 aromatic carbocycles. The number of likely N-dealkylation sites (tertiary alicyclic amines) is 1. The maximum atomic E-state index is 12.3. The van der Waals surface area contributed by atoms with Gasteiger partial charge in [-0.15, -0.1) is 0 Å². The first-order valence-corrected chi connectivity index (χ1v) is 9.95. The van der Waals surface area contributed by atoms with Crippen molar-refractivity contribution in [1.82, 2.24) is 10.2 Å². The van der Waals surface area contributed by atoms with E-state index in [4.69, 9.17) is 0 Å². The molecular weight excluding hydrogens is 350 g/mol. The molecule has 5 nitrogen and oxygen atoms in total. The molecule has 1 unspecified atom stereocenters. The van der Waals surface area contributed by atoms with Gasteiger partial charge in [-0.05, 0) is 60.7 Å². The molecule has 1 saturated heterocycles. The van der Waals surface area contributed by atoms with Gasteiger partial charge in [0.2, 0.25) is 5.91 Å². The number of hydrogen-bond acceptors (Lipinski definition) is 3. The Balaban J connectivity index is 1.48. The van der Waals surface area contributed by atoms with Gasteiger partial charge in [-0.1, -0.05) is 31.2 Å². The number of hydrogen-bond donors (Lipinski definition) is 2. The van der Waals surface area contributed by atoms with Crippen LogP contribution < -0.4 is 10.6 Å². The van der Waals surface area contributed by atoms with Gasteiger partial charge in [0.05, 0.1) is 0 Å². The number of nitrogens with one attached hydrogen (secondary N) is 2. The van der Waals surface area contributed by atoms with E-state index in [2.05, 4.69) is 46.7 Å². The molecule has 2 aromatic rings. The van der Waals surface area contributed by atoms with E-state index in [1.165, 1.54) is 38.4 Å². The third-order valence-electron chi connectivity index (χ3n) is 5.09. The van der Waals surface area contributed by atoms with Gasteiger partial charge in [0.15, 0.2) is 0 Å². The minimum absolute atomic E-state index is 0.124. The number of anilines is 1. The van der Waals surface area contributed by atoms with Crippen molar-refractivity contribution in [1.29, 1.82) is 0 Å². The van der Waals surface area contributed by atoms with E-state index in [9.17, 15) is 9.59 Å². The largest absolute Gasteiger partial charge is 0.348 e. The van der Waals surface area contributed by atoms with Gasteiger partial charge < -0.3 is 10.6 Å². The molecule has 1 atom stereocenters. The summed E-state index contributed by atoms with van der Waals surface area (Å²) in [6.07, 6.45) is 2.63. The Kier molecular flexibility index (Phi) is 6.82. The van der Waals surface area contributed by atoms with Crippen LogP contribution in [0.2, 0.25) is 0 Å². The molecule has 1 fully saturated rings.